The highest BCUT2D eigenvalue weighted by atomic mass is 15.1. The molecule has 0 amide bonds. The Morgan fingerprint density at radius 3 is 0.915 bits per heavy atom. The predicted octanol–water partition coefficient (Wildman–Crippen LogP) is 19.4. The molecule has 0 aliphatic heterocycles. The SMILES string of the molecule is CC1(C)c2ccccc2-c2ccc(-c3c4ccccc4c(-c4ccc5c(c4)C(C)(C)c4cc(-c6c7ccccc7c(N(c7ccccc7)c7ccccc7)c7ccccc67)ccc4-5)c4ccccc34)cc21. The predicted molar refractivity (Wildman–Crippen MR) is 303 cm³/mol. The summed E-state index contributed by atoms with van der Waals surface area (Å²) in [5, 5.41) is 10.0. The van der Waals surface area contributed by atoms with E-state index in [1.165, 1.54) is 127 Å². The van der Waals surface area contributed by atoms with E-state index in [2.05, 4.69) is 269 Å². The summed E-state index contributed by atoms with van der Waals surface area (Å²) in [6, 6.07) is 88.5. The quantitative estimate of drug-likeness (QED) is 0.150. The highest BCUT2D eigenvalue weighted by Crippen LogP contribution is 2.55. The van der Waals surface area contributed by atoms with Crippen molar-refractivity contribution in [1.29, 1.82) is 0 Å². The van der Waals surface area contributed by atoms with Gasteiger partial charge in [0.15, 0.2) is 0 Å². The maximum absolute atomic E-state index is 2.51. The first kappa shape index (κ1) is 41.5. The smallest absolute Gasteiger partial charge is 0.0618 e. The topological polar surface area (TPSA) is 3.24 Å². The molecule has 0 saturated carbocycles. The van der Waals surface area contributed by atoms with Crippen LogP contribution in [0.5, 0.6) is 0 Å². The maximum atomic E-state index is 2.51. The number of fused-ring (bicyclic) bond motifs is 10. The average molecular weight is 906 g/mol. The van der Waals surface area contributed by atoms with E-state index in [1.54, 1.807) is 0 Å². The van der Waals surface area contributed by atoms with E-state index in [-0.39, 0.29) is 10.8 Å². The van der Waals surface area contributed by atoms with Crippen molar-refractivity contribution >= 4 is 60.2 Å². The van der Waals surface area contributed by atoms with Crippen LogP contribution < -0.4 is 4.90 Å². The van der Waals surface area contributed by atoms with Crippen molar-refractivity contribution in [2.45, 2.75) is 38.5 Å². The van der Waals surface area contributed by atoms with Gasteiger partial charge < -0.3 is 4.90 Å². The summed E-state index contributed by atoms with van der Waals surface area (Å²) >= 11 is 0. The molecule has 0 atom stereocenters. The number of hydrogen-bond donors (Lipinski definition) is 0. The van der Waals surface area contributed by atoms with Gasteiger partial charge in [-0.05, 0) is 153 Å². The second-order valence-electron chi connectivity index (χ2n) is 20.7. The zero-order valence-corrected chi connectivity index (χ0v) is 40.5. The third-order valence-corrected chi connectivity index (χ3v) is 16.2. The van der Waals surface area contributed by atoms with Gasteiger partial charge in [0.05, 0.1) is 5.69 Å². The van der Waals surface area contributed by atoms with E-state index in [9.17, 15) is 0 Å². The van der Waals surface area contributed by atoms with Gasteiger partial charge >= 0.3 is 0 Å². The van der Waals surface area contributed by atoms with E-state index >= 15 is 0 Å². The van der Waals surface area contributed by atoms with Crippen molar-refractivity contribution in [3.8, 4) is 55.6 Å². The number of rotatable bonds is 6. The highest BCUT2D eigenvalue weighted by molar-refractivity contribution is 6.23. The lowest BCUT2D eigenvalue weighted by molar-refractivity contribution is 0.660. The van der Waals surface area contributed by atoms with Crippen molar-refractivity contribution in [3.63, 3.8) is 0 Å². The zero-order valence-electron chi connectivity index (χ0n) is 40.5. The molecule has 0 N–H and O–H groups in total. The summed E-state index contributed by atoms with van der Waals surface area (Å²) in [7, 11) is 0. The summed E-state index contributed by atoms with van der Waals surface area (Å²) in [6.07, 6.45) is 0. The van der Waals surface area contributed by atoms with Crippen LogP contribution in [0, 0.1) is 0 Å². The molecule has 14 rings (SSSR count). The number of nitrogens with zero attached hydrogens (tertiary/aromatic N) is 1. The van der Waals surface area contributed by atoms with Crippen LogP contribution in [-0.2, 0) is 10.8 Å². The minimum Gasteiger partial charge on any atom is -0.309 e. The molecule has 0 aromatic heterocycles. The van der Waals surface area contributed by atoms with Crippen LogP contribution in [0.15, 0.2) is 237 Å². The zero-order chi connectivity index (χ0) is 47.6. The second kappa shape index (κ2) is 15.5. The highest BCUT2D eigenvalue weighted by Gasteiger charge is 2.38. The Kier molecular flexibility index (Phi) is 9.05. The van der Waals surface area contributed by atoms with Crippen molar-refractivity contribution in [2.24, 2.45) is 0 Å². The van der Waals surface area contributed by atoms with Crippen molar-refractivity contribution < 1.29 is 0 Å². The summed E-state index contributed by atoms with van der Waals surface area (Å²) in [4.78, 5) is 2.43. The van der Waals surface area contributed by atoms with E-state index in [0.717, 1.165) is 11.4 Å². The molecule has 2 aliphatic carbocycles. The summed E-state index contributed by atoms with van der Waals surface area (Å²) in [5.41, 5.74) is 21.6. The second-order valence-corrected chi connectivity index (χ2v) is 20.7. The van der Waals surface area contributed by atoms with Crippen LogP contribution in [0.3, 0.4) is 0 Å². The Morgan fingerprint density at radius 2 is 0.535 bits per heavy atom. The lowest BCUT2D eigenvalue weighted by Gasteiger charge is -2.29. The molecule has 12 aromatic rings. The number of hydrogen-bond acceptors (Lipinski definition) is 1. The summed E-state index contributed by atoms with van der Waals surface area (Å²) in [6.45, 7) is 9.61. The first-order valence-corrected chi connectivity index (χ1v) is 25.1. The van der Waals surface area contributed by atoms with Crippen LogP contribution in [0.25, 0.3) is 98.7 Å². The fourth-order valence-electron chi connectivity index (χ4n) is 12.9. The minimum absolute atomic E-state index is 0.0811. The van der Waals surface area contributed by atoms with Gasteiger partial charge in [-0.1, -0.05) is 222 Å². The minimum atomic E-state index is -0.250. The molecule has 0 saturated heterocycles. The Hall–Kier alpha value is -8.52. The molecular formula is C70H51N. The summed E-state index contributed by atoms with van der Waals surface area (Å²) < 4.78 is 0. The molecule has 1 heteroatoms. The van der Waals surface area contributed by atoms with Crippen LogP contribution in [-0.4, -0.2) is 0 Å². The van der Waals surface area contributed by atoms with E-state index in [4.69, 9.17) is 0 Å². The van der Waals surface area contributed by atoms with Gasteiger partial charge in [0, 0.05) is 33.0 Å². The molecule has 0 heterocycles. The third kappa shape index (κ3) is 6.06. The Bertz CT molecular complexity index is 4000. The fourth-order valence-corrected chi connectivity index (χ4v) is 12.9. The number of anilines is 3. The molecule has 1 nitrogen and oxygen atoms in total. The molecule has 0 fully saturated rings. The standard InChI is InChI=1S/C70H51N/c1-69(2)61-34-20-19-25-49(61)50-38-35-44(41-62(50)69)65-53-26-11-13-28-55(53)66(56-29-14-12-27-54(56)65)45-36-39-51-52-40-37-46(43-64(52)70(3,4)63(51)42-45)67-57-30-15-17-32-59(57)68(60-33-18-16-31-58(60)67)71(47-21-7-5-8-22-47)48-23-9-6-10-24-48/h5-43H,1-4H3. The van der Waals surface area contributed by atoms with Crippen LogP contribution in [0.4, 0.5) is 17.1 Å². The van der Waals surface area contributed by atoms with Crippen molar-refractivity contribution in [3.05, 3.63) is 259 Å². The van der Waals surface area contributed by atoms with Gasteiger partial charge in [-0.3, -0.25) is 0 Å². The van der Waals surface area contributed by atoms with Gasteiger partial charge in [-0.15, -0.1) is 0 Å². The Labute approximate surface area is 415 Å². The molecular weight excluding hydrogens is 855 g/mol. The normalized spacial score (nSPS) is 13.9. The molecule has 12 aromatic carbocycles. The molecule has 71 heavy (non-hydrogen) atoms. The van der Waals surface area contributed by atoms with Crippen molar-refractivity contribution in [1.82, 2.24) is 0 Å². The van der Waals surface area contributed by atoms with Crippen LogP contribution in [0.2, 0.25) is 0 Å². The molecule has 2 aliphatic rings. The molecule has 336 valence electrons. The lowest BCUT2D eigenvalue weighted by atomic mass is 9.79. The summed E-state index contributed by atoms with van der Waals surface area (Å²) in [5.74, 6) is 0. The van der Waals surface area contributed by atoms with Gasteiger partial charge in [0.2, 0.25) is 0 Å². The number of benzene rings is 12. The van der Waals surface area contributed by atoms with Gasteiger partial charge in [0.25, 0.3) is 0 Å². The van der Waals surface area contributed by atoms with E-state index in [0.29, 0.717) is 0 Å². The molecule has 0 unspecified atom stereocenters. The first-order chi connectivity index (χ1) is 34.8. The monoisotopic (exact) mass is 905 g/mol. The maximum Gasteiger partial charge on any atom is 0.0618 e. The van der Waals surface area contributed by atoms with E-state index < -0.39 is 0 Å². The third-order valence-electron chi connectivity index (χ3n) is 16.2. The van der Waals surface area contributed by atoms with Crippen molar-refractivity contribution in [2.75, 3.05) is 4.90 Å². The van der Waals surface area contributed by atoms with Gasteiger partial charge in [-0.25, -0.2) is 0 Å². The Balaban J connectivity index is 0.915. The van der Waals surface area contributed by atoms with Crippen LogP contribution in [0.1, 0.15) is 49.9 Å². The van der Waals surface area contributed by atoms with Gasteiger partial charge in [0.1, 0.15) is 0 Å². The number of para-hydroxylation sites is 2. The largest absolute Gasteiger partial charge is 0.309 e. The molecule has 0 radical (unpaired) electrons. The van der Waals surface area contributed by atoms with Gasteiger partial charge in [-0.2, -0.15) is 0 Å². The first-order valence-electron chi connectivity index (χ1n) is 25.1. The molecule has 0 bridgehead atoms. The van der Waals surface area contributed by atoms with E-state index in [1.807, 2.05) is 0 Å². The Morgan fingerprint density at radius 1 is 0.254 bits per heavy atom. The average Bonchev–Trinajstić information content (AvgIpc) is 3.79. The van der Waals surface area contributed by atoms with Crippen LogP contribution >= 0.6 is 0 Å². The lowest BCUT2D eigenvalue weighted by Crippen LogP contribution is -2.15. The fraction of sp³-hybridized carbons (Fsp3) is 0.0857. The molecule has 0 spiro atoms.